The Morgan fingerprint density at radius 3 is 2.21 bits per heavy atom. The predicted molar refractivity (Wildman–Crippen MR) is 130 cm³/mol. The Bertz CT molecular complexity index is 886. The van der Waals surface area contributed by atoms with Crippen molar-refractivity contribution in [1.29, 1.82) is 0 Å². The van der Waals surface area contributed by atoms with Crippen LogP contribution in [0.5, 0.6) is 0 Å². The topological polar surface area (TPSA) is 106 Å². The number of ether oxygens (including phenoxy) is 1. The predicted octanol–water partition coefficient (Wildman–Crippen LogP) is 1.73. The lowest BCUT2D eigenvalue weighted by molar-refractivity contribution is -0.135. The number of nitrogens with one attached hydrogen (secondary N) is 1. The third-order valence-corrected chi connectivity index (χ3v) is 6.48. The van der Waals surface area contributed by atoms with Crippen molar-refractivity contribution in [2.24, 2.45) is 0 Å². The number of amides is 2. The van der Waals surface area contributed by atoms with E-state index in [-0.39, 0.29) is 11.9 Å². The summed E-state index contributed by atoms with van der Waals surface area (Å²) >= 11 is 0. The summed E-state index contributed by atoms with van der Waals surface area (Å²) in [6.45, 7) is 18.7. The molecule has 3 heterocycles. The van der Waals surface area contributed by atoms with E-state index in [1.54, 1.807) is 45.0 Å². The summed E-state index contributed by atoms with van der Waals surface area (Å²) in [4.78, 5) is 37.8. The highest BCUT2D eigenvalue weighted by molar-refractivity contribution is 6.61. The largest absolute Gasteiger partial charge is 0.498 e. The van der Waals surface area contributed by atoms with Gasteiger partial charge in [0.05, 0.1) is 11.2 Å². The molecule has 1 N–H and O–H groups in total. The average Bonchev–Trinajstić information content (AvgIpc) is 2.93. The Morgan fingerprint density at radius 2 is 1.71 bits per heavy atom. The van der Waals surface area contributed by atoms with Crippen LogP contribution in [0.2, 0.25) is 0 Å². The van der Waals surface area contributed by atoms with Gasteiger partial charge in [-0.15, -0.1) is 0 Å². The zero-order valence-electron chi connectivity index (χ0n) is 21.8. The summed E-state index contributed by atoms with van der Waals surface area (Å²) in [5.74, 6) is 0.453. The molecule has 2 saturated heterocycles. The Hall–Kier alpha value is -2.40. The maximum Gasteiger partial charge on any atom is 0.498 e. The summed E-state index contributed by atoms with van der Waals surface area (Å²) in [5.41, 5.74) is -0.705. The second kappa shape index (κ2) is 9.33. The van der Waals surface area contributed by atoms with Gasteiger partial charge in [0.1, 0.15) is 11.6 Å². The molecule has 0 radical (unpaired) electrons. The van der Waals surface area contributed by atoms with Gasteiger partial charge in [0.2, 0.25) is 11.9 Å². The van der Waals surface area contributed by atoms with Crippen molar-refractivity contribution in [1.82, 2.24) is 20.2 Å². The van der Waals surface area contributed by atoms with E-state index < -0.39 is 36.1 Å². The van der Waals surface area contributed by atoms with Crippen molar-refractivity contribution in [2.75, 3.05) is 24.5 Å². The van der Waals surface area contributed by atoms with Crippen LogP contribution in [0.4, 0.5) is 10.7 Å². The van der Waals surface area contributed by atoms with E-state index in [0.29, 0.717) is 25.6 Å². The van der Waals surface area contributed by atoms with Gasteiger partial charge in [-0.3, -0.25) is 4.79 Å². The summed E-state index contributed by atoms with van der Waals surface area (Å²) < 4.78 is 17.4. The number of hydrogen-bond acceptors (Lipinski definition) is 8. The molecule has 2 fully saturated rings. The van der Waals surface area contributed by atoms with Crippen molar-refractivity contribution in [3.63, 3.8) is 0 Å². The van der Waals surface area contributed by atoms with Crippen LogP contribution in [0.15, 0.2) is 12.4 Å². The normalized spacial score (nSPS) is 23.0. The first-order valence-electron chi connectivity index (χ1n) is 11.8. The average molecular weight is 475 g/mol. The molecule has 11 heteroatoms. The minimum Gasteiger partial charge on any atom is -0.444 e. The molecule has 1 aromatic rings. The summed E-state index contributed by atoms with van der Waals surface area (Å²) in [6.07, 6.45) is 2.87. The molecule has 0 aromatic carbocycles. The van der Waals surface area contributed by atoms with Gasteiger partial charge in [0.25, 0.3) is 0 Å². The Morgan fingerprint density at radius 1 is 1.15 bits per heavy atom. The maximum absolute atomic E-state index is 12.9. The molecule has 2 aliphatic rings. The van der Waals surface area contributed by atoms with Gasteiger partial charge in [0, 0.05) is 43.5 Å². The summed E-state index contributed by atoms with van der Waals surface area (Å²) in [5, 5.41) is 2.63. The molecule has 0 saturated carbocycles. The molecule has 0 aliphatic carbocycles. The van der Waals surface area contributed by atoms with Crippen LogP contribution in [0.3, 0.4) is 0 Å². The van der Waals surface area contributed by atoms with E-state index in [4.69, 9.17) is 14.0 Å². The zero-order valence-corrected chi connectivity index (χ0v) is 21.8. The number of anilines is 1. The number of rotatable bonds is 4. The molecule has 2 amide bonds. The highest BCUT2D eigenvalue weighted by Gasteiger charge is 2.52. The lowest BCUT2D eigenvalue weighted by Crippen LogP contribution is -2.58. The van der Waals surface area contributed by atoms with Gasteiger partial charge in [-0.2, -0.15) is 0 Å². The third kappa shape index (κ3) is 5.80. The van der Waals surface area contributed by atoms with Gasteiger partial charge in [-0.05, 0) is 62.3 Å². The maximum atomic E-state index is 12.9. The number of nitrogens with zero attached hydrogens (tertiary/aromatic N) is 4. The van der Waals surface area contributed by atoms with E-state index in [9.17, 15) is 9.59 Å². The number of carbonyl (C=O) groups is 2. The Labute approximate surface area is 202 Å². The van der Waals surface area contributed by atoms with Gasteiger partial charge >= 0.3 is 13.2 Å². The molecular formula is C23H38BN5O5. The van der Waals surface area contributed by atoms with Crippen LogP contribution in [0, 0.1) is 0 Å². The summed E-state index contributed by atoms with van der Waals surface area (Å²) in [7, 11) is -0.508. The van der Waals surface area contributed by atoms with Crippen LogP contribution < -0.4 is 15.7 Å². The highest BCUT2D eigenvalue weighted by Crippen LogP contribution is 2.36. The zero-order chi connectivity index (χ0) is 25.5. The molecule has 188 valence electrons. The first-order valence-corrected chi connectivity index (χ1v) is 11.8. The molecule has 0 bridgehead atoms. The first-order chi connectivity index (χ1) is 15.6. The fourth-order valence-corrected chi connectivity index (χ4v) is 3.86. The monoisotopic (exact) mass is 475 g/mol. The Balaban J connectivity index is 1.57. The second-order valence-electron chi connectivity index (χ2n) is 11.1. The fraction of sp³-hybridized carbons (Fsp3) is 0.739. The Kier molecular flexibility index (Phi) is 7.20. The molecule has 0 spiro atoms. The van der Waals surface area contributed by atoms with E-state index in [1.165, 1.54) is 0 Å². The van der Waals surface area contributed by atoms with Gasteiger partial charge in [0.15, 0.2) is 0 Å². The lowest BCUT2D eigenvalue weighted by Gasteiger charge is -2.40. The number of alkyl carbamates (subject to hydrolysis) is 1. The lowest BCUT2D eigenvalue weighted by atomic mass is 9.81. The van der Waals surface area contributed by atoms with E-state index in [2.05, 4.69) is 20.2 Å². The number of hydrogen-bond donors (Lipinski definition) is 1. The fourth-order valence-electron chi connectivity index (χ4n) is 3.86. The van der Waals surface area contributed by atoms with Crippen LogP contribution in [-0.2, 0) is 18.8 Å². The smallest absolute Gasteiger partial charge is 0.444 e. The van der Waals surface area contributed by atoms with Crippen molar-refractivity contribution < 1.29 is 23.6 Å². The summed E-state index contributed by atoms with van der Waals surface area (Å²) in [6, 6.07) is -0.755. The molecule has 34 heavy (non-hydrogen) atoms. The van der Waals surface area contributed by atoms with Crippen LogP contribution in [0.1, 0.15) is 62.3 Å². The van der Waals surface area contributed by atoms with Crippen LogP contribution in [0.25, 0.3) is 0 Å². The van der Waals surface area contributed by atoms with Gasteiger partial charge < -0.3 is 29.2 Å². The molecule has 2 aliphatic heterocycles. The van der Waals surface area contributed by atoms with Crippen molar-refractivity contribution >= 4 is 30.5 Å². The van der Waals surface area contributed by atoms with Gasteiger partial charge in [-0.25, -0.2) is 14.8 Å². The van der Waals surface area contributed by atoms with E-state index >= 15 is 0 Å². The minimum atomic E-state index is -0.681. The van der Waals surface area contributed by atoms with Crippen LogP contribution >= 0.6 is 0 Å². The second-order valence-corrected chi connectivity index (χ2v) is 11.1. The number of piperazine rings is 1. The van der Waals surface area contributed by atoms with Crippen molar-refractivity contribution in [3.8, 4) is 0 Å². The van der Waals surface area contributed by atoms with Crippen molar-refractivity contribution in [3.05, 3.63) is 12.4 Å². The number of carbonyl (C=O) groups excluding carboxylic acids is 2. The molecular weight excluding hydrogens is 437 g/mol. The third-order valence-electron chi connectivity index (χ3n) is 6.48. The molecule has 1 aromatic heterocycles. The highest BCUT2D eigenvalue weighted by atomic mass is 16.7. The molecule has 2 unspecified atom stereocenters. The SMILES string of the molecule is CC(NC(=O)OC(C)(C)C)C(=O)N1CCN(c2ncc(B3OC(C)(C)C(C)(C)O3)cn2)CC1C. The minimum absolute atomic E-state index is 0.0736. The number of aromatic nitrogens is 2. The molecule has 2 atom stereocenters. The van der Waals surface area contributed by atoms with Gasteiger partial charge in [-0.1, -0.05) is 0 Å². The van der Waals surface area contributed by atoms with Crippen LogP contribution in [-0.4, -0.2) is 82.5 Å². The molecule has 10 nitrogen and oxygen atoms in total. The van der Waals surface area contributed by atoms with E-state index in [1.807, 2.05) is 34.6 Å². The van der Waals surface area contributed by atoms with Crippen molar-refractivity contribution in [2.45, 2.75) is 91.2 Å². The quantitative estimate of drug-likeness (QED) is 0.657. The molecule has 3 rings (SSSR count). The first kappa shape index (κ1) is 26.2. The van der Waals surface area contributed by atoms with E-state index in [0.717, 1.165) is 5.46 Å². The standard InChI is InChI=1S/C23H38BN5O5/c1-15-14-28(10-11-29(15)18(30)16(2)27-20(31)32-21(3,4)5)19-25-12-17(13-26-19)24-33-22(6,7)23(8,9)34-24/h12-13,15-16H,10-11,14H2,1-9H3,(H,27,31).